The van der Waals surface area contributed by atoms with Crippen molar-refractivity contribution in [3.8, 4) is 0 Å². The summed E-state index contributed by atoms with van der Waals surface area (Å²) in [5.41, 5.74) is 4.77. The maximum absolute atomic E-state index is 12.0. The van der Waals surface area contributed by atoms with Crippen molar-refractivity contribution < 1.29 is 9.59 Å². The number of aryl methyl sites for hydroxylation is 1. The lowest BCUT2D eigenvalue weighted by Gasteiger charge is -2.06. The summed E-state index contributed by atoms with van der Waals surface area (Å²) in [4.78, 5) is 23.3. The molecule has 0 heterocycles. The van der Waals surface area contributed by atoms with E-state index < -0.39 is 0 Å². The van der Waals surface area contributed by atoms with E-state index in [2.05, 4.69) is 5.32 Å². The first-order chi connectivity index (χ1) is 9.60. The van der Waals surface area contributed by atoms with Gasteiger partial charge in [-0.15, -0.1) is 0 Å². The number of rotatable bonds is 3. The van der Waals surface area contributed by atoms with Gasteiger partial charge in [0, 0.05) is 16.8 Å². The predicted molar refractivity (Wildman–Crippen MR) is 77.2 cm³/mol. The second-order valence-corrected chi connectivity index (χ2v) is 4.37. The standard InChI is InChI=1S/C15H15N3O2/c1-10-2-4-11(5-3-10)14(19)17-13-8-6-12(7-9-13)15(20)18-16/h2-9H,16H2,1H3,(H,17,19)(H,18,20). The first kappa shape index (κ1) is 13.8. The quantitative estimate of drug-likeness (QED) is 0.451. The van der Waals surface area contributed by atoms with Crippen LogP contribution in [0.3, 0.4) is 0 Å². The summed E-state index contributed by atoms with van der Waals surface area (Å²) < 4.78 is 0. The van der Waals surface area contributed by atoms with E-state index in [0.717, 1.165) is 5.56 Å². The molecule has 0 atom stereocenters. The molecular weight excluding hydrogens is 254 g/mol. The van der Waals surface area contributed by atoms with Crippen molar-refractivity contribution >= 4 is 17.5 Å². The van der Waals surface area contributed by atoms with Gasteiger partial charge in [0.15, 0.2) is 0 Å². The molecule has 0 fully saturated rings. The van der Waals surface area contributed by atoms with Gasteiger partial charge in [0.1, 0.15) is 0 Å². The third-order valence-corrected chi connectivity index (χ3v) is 2.85. The van der Waals surface area contributed by atoms with Gasteiger partial charge in [-0.25, -0.2) is 5.84 Å². The Morgan fingerprint density at radius 2 is 1.35 bits per heavy atom. The third-order valence-electron chi connectivity index (χ3n) is 2.85. The Morgan fingerprint density at radius 1 is 0.850 bits per heavy atom. The zero-order valence-electron chi connectivity index (χ0n) is 11.0. The van der Waals surface area contributed by atoms with Crippen molar-refractivity contribution in [1.82, 2.24) is 5.43 Å². The maximum Gasteiger partial charge on any atom is 0.265 e. The van der Waals surface area contributed by atoms with Gasteiger partial charge in [-0.05, 0) is 43.3 Å². The van der Waals surface area contributed by atoms with Gasteiger partial charge in [-0.3, -0.25) is 15.0 Å². The van der Waals surface area contributed by atoms with Crippen LogP contribution in [0.15, 0.2) is 48.5 Å². The number of nitrogens with two attached hydrogens (primary N) is 1. The van der Waals surface area contributed by atoms with Crippen LogP contribution in [0.25, 0.3) is 0 Å². The molecule has 102 valence electrons. The van der Waals surface area contributed by atoms with E-state index in [-0.39, 0.29) is 11.8 Å². The lowest BCUT2D eigenvalue weighted by molar-refractivity contribution is 0.0953. The van der Waals surface area contributed by atoms with Crippen LogP contribution in [-0.2, 0) is 0 Å². The van der Waals surface area contributed by atoms with Gasteiger partial charge in [0.05, 0.1) is 0 Å². The molecule has 0 aliphatic rings. The topological polar surface area (TPSA) is 84.2 Å². The first-order valence-corrected chi connectivity index (χ1v) is 6.09. The van der Waals surface area contributed by atoms with E-state index in [1.165, 1.54) is 0 Å². The molecule has 2 aromatic rings. The molecule has 0 aliphatic carbocycles. The maximum atomic E-state index is 12.0. The number of anilines is 1. The van der Waals surface area contributed by atoms with E-state index in [1.54, 1.807) is 36.4 Å². The summed E-state index contributed by atoms with van der Waals surface area (Å²) in [5, 5.41) is 2.76. The SMILES string of the molecule is Cc1ccc(C(=O)Nc2ccc(C(=O)NN)cc2)cc1. The number of nitrogen functional groups attached to an aromatic ring is 1. The van der Waals surface area contributed by atoms with Crippen LogP contribution < -0.4 is 16.6 Å². The second kappa shape index (κ2) is 5.99. The highest BCUT2D eigenvalue weighted by Gasteiger charge is 2.07. The molecule has 20 heavy (non-hydrogen) atoms. The monoisotopic (exact) mass is 269 g/mol. The van der Waals surface area contributed by atoms with E-state index in [1.807, 2.05) is 24.5 Å². The zero-order chi connectivity index (χ0) is 14.5. The van der Waals surface area contributed by atoms with E-state index in [9.17, 15) is 9.59 Å². The molecule has 0 saturated heterocycles. The predicted octanol–water partition coefficient (Wildman–Crippen LogP) is 1.85. The van der Waals surface area contributed by atoms with Crippen LogP contribution >= 0.6 is 0 Å². The summed E-state index contributed by atoms with van der Waals surface area (Å²) in [7, 11) is 0. The smallest absolute Gasteiger partial charge is 0.265 e. The molecule has 2 amide bonds. The highest BCUT2D eigenvalue weighted by Crippen LogP contribution is 2.12. The number of carbonyl (C=O) groups is 2. The third kappa shape index (κ3) is 3.21. The van der Waals surface area contributed by atoms with Gasteiger partial charge in [-0.2, -0.15) is 0 Å². The van der Waals surface area contributed by atoms with Crippen molar-refractivity contribution in [3.63, 3.8) is 0 Å². The summed E-state index contributed by atoms with van der Waals surface area (Å²) in [6, 6.07) is 13.8. The number of hydrogen-bond acceptors (Lipinski definition) is 3. The minimum absolute atomic E-state index is 0.193. The van der Waals surface area contributed by atoms with Gasteiger partial charge in [0.25, 0.3) is 11.8 Å². The molecule has 0 aromatic heterocycles. The molecule has 5 heteroatoms. The number of nitrogens with one attached hydrogen (secondary N) is 2. The molecular formula is C15H15N3O2. The van der Waals surface area contributed by atoms with Gasteiger partial charge in [0.2, 0.25) is 0 Å². The van der Waals surface area contributed by atoms with Crippen LogP contribution in [0.2, 0.25) is 0 Å². The lowest BCUT2D eigenvalue weighted by Crippen LogP contribution is -2.29. The van der Waals surface area contributed by atoms with E-state index >= 15 is 0 Å². The number of carbonyl (C=O) groups excluding carboxylic acids is 2. The van der Waals surface area contributed by atoms with Crippen molar-refractivity contribution in [3.05, 3.63) is 65.2 Å². The molecule has 5 nitrogen and oxygen atoms in total. The molecule has 0 spiro atoms. The van der Waals surface area contributed by atoms with Gasteiger partial charge >= 0.3 is 0 Å². The van der Waals surface area contributed by atoms with Crippen molar-refractivity contribution in [2.75, 3.05) is 5.32 Å². The van der Waals surface area contributed by atoms with Gasteiger partial charge < -0.3 is 5.32 Å². The fourth-order valence-corrected chi connectivity index (χ4v) is 1.70. The number of hydrogen-bond donors (Lipinski definition) is 3. The summed E-state index contributed by atoms with van der Waals surface area (Å²) >= 11 is 0. The Hall–Kier alpha value is -2.66. The molecule has 0 radical (unpaired) electrons. The average Bonchev–Trinajstić information content (AvgIpc) is 2.48. The Morgan fingerprint density at radius 3 is 1.90 bits per heavy atom. The lowest BCUT2D eigenvalue weighted by atomic mass is 10.1. The van der Waals surface area contributed by atoms with E-state index in [0.29, 0.717) is 16.8 Å². The minimum atomic E-state index is -0.374. The molecule has 0 unspecified atom stereocenters. The van der Waals surface area contributed by atoms with Crippen LogP contribution in [0.5, 0.6) is 0 Å². The Balaban J connectivity index is 2.08. The summed E-state index contributed by atoms with van der Waals surface area (Å²) in [6.07, 6.45) is 0. The number of amides is 2. The Labute approximate surface area is 116 Å². The highest BCUT2D eigenvalue weighted by molar-refractivity contribution is 6.04. The molecule has 2 rings (SSSR count). The summed E-state index contributed by atoms with van der Waals surface area (Å²) in [6.45, 7) is 1.96. The largest absolute Gasteiger partial charge is 0.322 e. The molecule has 4 N–H and O–H groups in total. The number of hydrazine groups is 1. The van der Waals surface area contributed by atoms with Crippen LogP contribution in [0.4, 0.5) is 5.69 Å². The highest BCUT2D eigenvalue weighted by atomic mass is 16.2. The Kier molecular flexibility index (Phi) is 4.12. The van der Waals surface area contributed by atoms with Crippen LogP contribution in [-0.4, -0.2) is 11.8 Å². The zero-order valence-corrected chi connectivity index (χ0v) is 11.0. The minimum Gasteiger partial charge on any atom is -0.322 e. The molecule has 0 bridgehead atoms. The van der Waals surface area contributed by atoms with Gasteiger partial charge in [-0.1, -0.05) is 17.7 Å². The Bertz CT molecular complexity index is 619. The van der Waals surface area contributed by atoms with E-state index in [4.69, 9.17) is 5.84 Å². The normalized spacial score (nSPS) is 9.90. The van der Waals surface area contributed by atoms with Crippen LogP contribution in [0.1, 0.15) is 26.3 Å². The van der Waals surface area contributed by atoms with Crippen LogP contribution in [0, 0.1) is 6.92 Å². The molecule has 2 aromatic carbocycles. The fraction of sp³-hybridized carbons (Fsp3) is 0.0667. The fourth-order valence-electron chi connectivity index (χ4n) is 1.70. The summed E-state index contributed by atoms with van der Waals surface area (Å²) in [5.74, 6) is 4.47. The van der Waals surface area contributed by atoms with Crippen molar-refractivity contribution in [2.24, 2.45) is 5.84 Å². The van der Waals surface area contributed by atoms with Crippen molar-refractivity contribution in [1.29, 1.82) is 0 Å². The van der Waals surface area contributed by atoms with Crippen molar-refractivity contribution in [2.45, 2.75) is 6.92 Å². The molecule has 0 saturated carbocycles. The molecule has 0 aliphatic heterocycles. The number of benzene rings is 2. The average molecular weight is 269 g/mol. The second-order valence-electron chi connectivity index (χ2n) is 4.37. The first-order valence-electron chi connectivity index (χ1n) is 6.09.